The van der Waals surface area contributed by atoms with Gasteiger partial charge < -0.3 is 15.8 Å². The zero-order chi connectivity index (χ0) is 15.2. The minimum Gasteiger partial charge on any atom is -0.492 e. The van der Waals surface area contributed by atoms with E-state index in [1.54, 1.807) is 24.3 Å². The van der Waals surface area contributed by atoms with Crippen LogP contribution < -0.4 is 15.8 Å². The molecule has 1 amide bonds. The monoisotopic (exact) mass is 308 g/mol. The smallest absolute Gasteiger partial charge is 0.260 e. The number of nitrogens with one attached hydrogen (secondary N) is 1. The van der Waals surface area contributed by atoms with Crippen LogP contribution in [0.1, 0.15) is 10.4 Å². The van der Waals surface area contributed by atoms with Crippen molar-refractivity contribution >= 4 is 23.2 Å². The molecule has 0 bridgehead atoms. The first kappa shape index (κ1) is 15.3. The summed E-state index contributed by atoms with van der Waals surface area (Å²) < 4.78 is 19.0. The fourth-order valence-electron chi connectivity index (χ4n) is 1.75. The highest BCUT2D eigenvalue weighted by atomic mass is 35.5. The van der Waals surface area contributed by atoms with E-state index in [-0.39, 0.29) is 10.6 Å². The van der Waals surface area contributed by atoms with E-state index < -0.39 is 11.7 Å². The maximum Gasteiger partial charge on any atom is 0.260 e. The average molecular weight is 309 g/mol. The van der Waals surface area contributed by atoms with Gasteiger partial charge in [0.05, 0.1) is 10.6 Å². The van der Waals surface area contributed by atoms with Crippen LogP contribution in [0.4, 0.5) is 10.1 Å². The van der Waals surface area contributed by atoms with Crippen LogP contribution in [-0.4, -0.2) is 19.1 Å². The van der Waals surface area contributed by atoms with Crippen molar-refractivity contribution < 1.29 is 13.9 Å². The number of hydrogen-bond donors (Lipinski definition) is 2. The van der Waals surface area contributed by atoms with Gasteiger partial charge in [0.15, 0.2) is 0 Å². The summed E-state index contributed by atoms with van der Waals surface area (Å²) in [6, 6.07) is 10.8. The summed E-state index contributed by atoms with van der Waals surface area (Å²) in [5.41, 5.74) is 5.65. The predicted molar refractivity (Wildman–Crippen MR) is 80.4 cm³/mol. The lowest BCUT2D eigenvalue weighted by Gasteiger charge is -2.10. The summed E-state index contributed by atoms with van der Waals surface area (Å²) in [7, 11) is 0. The van der Waals surface area contributed by atoms with Crippen LogP contribution in [0.25, 0.3) is 0 Å². The largest absolute Gasteiger partial charge is 0.492 e. The van der Waals surface area contributed by atoms with Gasteiger partial charge >= 0.3 is 0 Å². The van der Waals surface area contributed by atoms with Crippen LogP contribution >= 0.6 is 11.6 Å². The molecule has 21 heavy (non-hydrogen) atoms. The van der Waals surface area contributed by atoms with Crippen LogP contribution in [0.3, 0.4) is 0 Å². The van der Waals surface area contributed by atoms with Gasteiger partial charge in [0.25, 0.3) is 5.91 Å². The van der Waals surface area contributed by atoms with Crippen molar-refractivity contribution in [2.24, 2.45) is 5.73 Å². The lowest BCUT2D eigenvalue weighted by atomic mass is 10.2. The summed E-state index contributed by atoms with van der Waals surface area (Å²) in [5.74, 6) is -0.720. The summed E-state index contributed by atoms with van der Waals surface area (Å²) in [6.07, 6.45) is 0. The van der Waals surface area contributed by atoms with Gasteiger partial charge in [-0.3, -0.25) is 4.79 Å². The number of ether oxygens (including phenoxy) is 1. The van der Waals surface area contributed by atoms with E-state index in [1.165, 1.54) is 18.2 Å². The minimum absolute atomic E-state index is 0.0584. The molecule has 0 aliphatic heterocycles. The summed E-state index contributed by atoms with van der Waals surface area (Å²) in [4.78, 5) is 12.1. The van der Waals surface area contributed by atoms with E-state index in [9.17, 15) is 9.18 Å². The van der Waals surface area contributed by atoms with Crippen LogP contribution in [0.2, 0.25) is 5.02 Å². The molecular formula is C15H14ClFN2O2. The Hall–Kier alpha value is -2.11. The number of amides is 1. The molecule has 6 heteroatoms. The molecule has 4 nitrogen and oxygen atoms in total. The molecule has 0 aliphatic carbocycles. The number of nitrogens with two attached hydrogens (primary N) is 1. The molecule has 0 saturated heterocycles. The molecule has 2 aromatic rings. The van der Waals surface area contributed by atoms with Crippen LogP contribution in [0, 0.1) is 5.82 Å². The Labute approximate surface area is 126 Å². The Morgan fingerprint density at radius 1 is 1.29 bits per heavy atom. The van der Waals surface area contributed by atoms with Crippen LogP contribution in [-0.2, 0) is 0 Å². The molecule has 0 unspecified atom stereocenters. The van der Waals surface area contributed by atoms with E-state index in [1.807, 2.05) is 0 Å². The number of carbonyl (C=O) groups is 1. The quantitative estimate of drug-likeness (QED) is 0.892. The van der Waals surface area contributed by atoms with Crippen molar-refractivity contribution in [1.29, 1.82) is 0 Å². The first-order valence-corrected chi connectivity index (χ1v) is 6.68. The third-order valence-electron chi connectivity index (χ3n) is 2.67. The summed E-state index contributed by atoms with van der Waals surface area (Å²) in [5, 5.41) is 2.64. The molecule has 0 saturated carbocycles. The molecule has 2 rings (SSSR count). The van der Waals surface area contributed by atoms with E-state index in [2.05, 4.69) is 5.32 Å². The molecule has 0 atom stereocenters. The van der Waals surface area contributed by atoms with Gasteiger partial charge in [-0.05, 0) is 24.3 Å². The molecule has 110 valence electrons. The number of anilines is 1. The van der Waals surface area contributed by atoms with Gasteiger partial charge in [0.1, 0.15) is 18.2 Å². The molecule has 0 aliphatic rings. The van der Waals surface area contributed by atoms with Crippen molar-refractivity contribution in [3.63, 3.8) is 0 Å². The van der Waals surface area contributed by atoms with E-state index >= 15 is 0 Å². The first-order valence-electron chi connectivity index (χ1n) is 6.30. The molecule has 0 heterocycles. The predicted octanol–water partition coefficient (Wildman–Crippen LogP) is 3.07. The zero-order valence-corrected chi connectivity index (χ0v) is 11.9. The van der Waals surface area contributed by atoms with Crippen molar-refractivity contribution in [3.05, 3.63) is 58.9 Å². The Bertz CT molecular complexity index is 629. The van der Waals surface area contributed by atoms with Crippen molar-refractivity contribution in [2.75, 3.05) is 18.5 Å². The molecule has 0 spiro atoms. The average Bonchev–Trinajstić information content (AvgIpc) is 2.45. The highest BCUT2D eigenvalue weighted by molar-refractivity contribution is 6.34. The number of rotatable bonds is 5. The highest BCUT2D eigenvalue weighted by Crippen LogP contribution is 2.22. The molecule has 0 radical (unpaired) electrons. The third kappa shape index (κ3) is 3.93. The molecule has 0 fully saturated rings. The number of benzene rings is 2. The third-order valence-corrected chi connectivity index (χ3v) is 2.98. The Kier molecular flexibility index (Phi) is 5.14. The second-order valence-electron chi connectivity index (χ2n) is 4.22. The molecule has 0 aromatic heterocycles. The SMILES string of the molecule is NCCOc1cccc(NC(=O)c2c(F)cccc2Cl)c1. The lowest BCUT2D eigenvalue weighted by Crippen LogP contribution is -2.15. The fourth-order valence-corrected chi connectivity index (χ4v) is 2.00. The number of carbonyl (C=O) groups excluding carboxylic acids is 1. The van der Waals surface area contributed by atoms with E-state index in [0.29, 0.717) is 24.6 Å². The van der Waals surface area contributed by atoms with Gasteiger partial charge in [-0.25, -0.2) is 4.39 Å². The second-order valence-corrected chi connectivity index (χ2v) is 4.62. The fraction of sp³-hybridized carbons (Fsp3) is 0.133. The van der Waals surface area contributed by atoms with Crippen LogP contribution in [0.15, 0.2) is 42.5 Å². The maximum atomic E-state index is 13.7. The van der Waals surface area contributed by atoms with Gasteiger partial charge in [-0.15, -0.1) is 0 Å². The molecule has 2 aromatic carbocycles. The van der Waals surface area contributed by atoms with Gasteiger partial charge in [-0.2, -0.15) is 0 Å². The Morgan fingerprint density at radius 2 is 2.05 bits per heavy atom. The lowest BCUT2D eigenvalue weighted by molar-refractivity contribution is 0.102. The molecule has 3 N–H and O–H groups in total. The normalized spacial score (nSPS) is 10.2. The Morgan fingerprint density at radius 3 is 2.76 bits per heavy atom. The minimum atomic E-state index is -0.671. The van der Waals surface area contributed by atoms with E-state index in [4.69, 9.17) is 22.1 Å². The summed E-state index contributed by atoms with van der Waals surface area (Å²) in [6.45, 7) is 0.762. The van der Waals surface area contributed by atoms with Crippen molar-refractivity contribution in [2.45, 2.75) is 0 Å². The molecular weight excluding hydrogens is 295 g/mol. The Balaban J connectivity index is 2.16. The van der Waals surface area contributed by atoms with Crippen molar-refractivity contribution in [3.8, 4) is 5.75 Å². The van der Waals surface area contributed by atoms with Gasteiger partial charge in [0.2, 0.25) is 0 Å². The zero-order valence-electron chi connectivity index (χ0n) is 11.1. The van der Waals surface area contributed by atoms with E-state index in [0.717, 1.165) is 0 Å². The maximum absolute atomic E-state index is 13.7. The van der Waals surface area contributed by atoms with Crippen molar-refractivity contribution in [1.82, 2.24) is 0 Å². The topological polar surface area (TPSA) is 64.3 Å². The van der Waals surface area contributed by atoms with Gasteiger partial charge in [0, 0.05) is 18.3 Å². The number of halogens is 2. The van der Waals surface area contributed by atoms with Crippen LogP contribution in [0.5, 0.6) is 5.75 Å². The standard InChI is InChI=1S/C15H14ClFN2O2/c16-12-5-2-6-13(17)14(12)15(20)19-10-3-1-4-11(9-10)21-8-7-18/h1-6,9H,7-8,18H2,(H,19,20). The van der Waals surface area contributed by atoms with Gasteiger partial charge in [-0.1, -0.05) is 23.7 Å². The first-order chi connectivity index (χ1) is 10.1. The number of hydrogen-bond acceptors (Lipinski definition) is 3. The summed E-state index contributed by atoms with van der Waals surface area (Å²) >= 11 is 5.85. The second kappa shape index (κ2) is 7.06. The highest BCUT2D eigenvalue weighted by Gasteiger charge is 2.15.